The number of fused-ring (bicyclic) bond motifs is 1. The Bertz CT molecular complexity index is 656. The van der Waals surface area contributed by atoms with Gasteiger partial charge in [0.2, 0.25) is 0 Å². The molecule has 0 fully saturated rings. The molecule has 144 valence electrons. The van der Waals surface area contributed by atoms with Crippen LogP contribution in [0.25, 0.3) is 10.9 Å². The molecule has 0 N–H and O–H groups in total. The molecule has 2 atom stereocenters. The van der Waals surface area contributed by atoms with Gasteiger partial charge in [0.15, 0.2) is 0 Å². The number of rotatable bonds is 12. The van der Waals surface area contributed by atoms with Gasteiger partial charge in [0.25, 0.3) is 0 Å². The molecule has 0 aliphatic heterocycles. The van der Waals surface area contributed by atoms with Crippen LogP contribution in [0.1, 0.15) is 89.0 Å². The van der Waals surface area contributed by atoms with E-state index in [1.54, 1.807) is 0 Å². The molecule has 2 aromatic rings. The fourth-order valence-corrected chi connectivity index (χ4v) is 4.13. The average molecular weight is 394 g/mol. The first-order valence-corrected chi connectivity index (χ1v) is 11.1. The second-order valence-electron chi connectivity index (χ2n) is 7.62. The Kier molecular flexibility index (Phi) is 9.78. The smallest absolute Gasteiger partial charge is 0.134 e. The van der Waals surface area contributed by atoms with Crippen LogP contribution >= 0.6 is 23.2 Å². The molecule has 2 unspecified atom stereocenters. The van der Waals surface area contributed by atoms with E-state index >= 15 is 0 Å². The van der Waals surface area contributed by atoms with Crippen molar-refractivity contribution in [1.82, 2.24) is 4.98 Å². The van der Waals surface area contributed by atoms with Crippen molar-refractivity contribution in [2.45, 2.75) is 83.4 Å². The molecule has 0 saturated heterocycles. The number of hydrogen-bond donors (Lipinski definition) is 0. The molecule has 0 aliphatic carbocycles. The lowest BCUT2D eigenvalue weighted by molar-refractivity contribution is 0.441. The van der Waals surface area contributed by atoms with E-state index in [4.69, 9.17) is 23.2 Å². The van der Waals surface area contributed by atoms with Crippen LogP contribution in [0.15, 0.2) is 30.3 Å². The number of benzene rings is 1. The number of hydrogen-bond acceptors (Lipinski definition) is 1. The molecule has 1 heterocycles. The van der Waals surface area contributed by atoms with Gasteiger partial charge in [-0.2, -0.15) is 0 Å². The molecule has 2 rings (SSSR count). The number of aromatic nitrogens is 1. The van der Waals surface area contributed by atoms with E-state index in [2.05, 4.69) is 31.0 Å². The lowest BCUT2D eigenvalue weighted by Crippen LogP contribution is -2.00. The Morgan fingerprint density at radius 2 is 1.62 bits per heavy atom. The van der Waals surface area contributed by atoms with Crippen molar-refractivity contribution < 1.29 is 0 Å². The maximum absolute atomic E-state index is 6.66. The zero-order valence-corrected chi connectivity index (χ0v) is 17.8. The van der Waals surface area contributed by atoms with Gasteiger partial charge in [-0.25, -0.2) is 4.98 Å². The number of nitrogens with zero attached hydrogens (tertiary/aromatic N) is 1. The van der Waals surface area contributed by atoms with E-state index in [1.165, 1.54) is 51.4 Å². The van der Waals surface area contributed by atoms with Crippen molar-refractivity contribution >= 4 is 34.1 Å². The van der Waals surface area contributed by atoms with E-state index in [0.717, 1.165) is 35.2 Å². The van der Waals surface area contributed by atoms with Gasteiger partial charge in [-0.05, 0) is 30.9 Å². The highest BCUT2D eigenvalue weighted by Gasteiger charge is 2.15. The Morgan fingerprint density at radius 1 is 0.923 bits per heavy atom. The van der Waals surface area contributed by atoms with Crippen LogP contribution in [0, 0.1) is 5.92 Å². The molecule has 0 saturated carbocycles. The number of halogens is 2. The van der Waals surface area contributed by atoms with E-state index in [9.17, 15) is 0 Å². The first-order valence-electron chi connectivity index (χ1n) is 10.3. The summed E-state index contributed by atoms with van der Waals surface area (Å²) in [6.07, 6.45) is 13.0. The van der Waals surface area contributed by atoms with Gasteiger partial charge in [0, 0.05) is 10.9 Å². The summed E-state index contributed by atoms with van der Waals surface area (Å²) >= 11 is 13.0. The minimum Gasteiger partial charge on any atom is -0.236 e. The SMILES string of the molecule is CCCCCCCCCC(C)CCC(Cl)c1cc2ccccc2nc1Cl. The van der Waals surface area contributed by atoms with Crippen molar-refractivity contribution in [3.63, 3.8) is 0 Å². The molecular weight excluding hydrogens is 361 g/mol. The average Bonchev–Trinajstić information content (AvgIpc) is 2.64. The maximum atomic E-state index is 6.66. The summed E-state index contributed by atoms with van der Waals surface area (Å²) in [5, 5.41) is 1.59. The molecule has 0 aliphatic rings. The summed E-state index contributed by atoms with van der Waals surface area (Å²) in [5.74, 6) is 0.721. The third kappa shape index (κ3) is 7.08. The maximum Gasteiger partial charge on any atom is 0.134 e. The van der Waals surface area contributed by atoms with Gasteiger partial charge >= 0.3 is 0 Å². The molecule has 1 aromatic carbocycles. The molecule has 0 amide bonds. The predicted molar refractivity (Wildman–Crippen MR) is 116 cm³/mol. The first-order chi connectivity index (χ1) is 12.6. The van der Waals surface area contributed by atoms with Crippen molar-refractivity contribution in [2.75, 3.05) is 0 Å². The normalized spacial score (nSPS) is 13.8. The lowest BCUT2D eigenvalue weighted by Gasteiger charge is -2.16. The van der Waals surface area contributed by atoms with Crippen LogP contribution in [-0.2, 0) is 0 Å². The summed E-state index contributed by atoms with van der Waals surface area (Å²) in [5.41, 5.74) is 1.90. The van der Waals surface area contributed by atoms with Gasteiger partial charge < -0.3 is 0 Å². The third-order valence-corrected chi connectivity index (χ3v) is 6.01. The fraction of sp³-hybridized carbons (Fsp3) is 0.609. The fourth-order valence-electron chi connectivity index (χ4n) is 3.51. The van der Waals surface area contributed by atoms with Crippen molar-refractivity contribution in [3.8, 4) is 0 Å². The zero-order valence-electron chi connectivity index (χ0n) is 16.3. The molecule has 1 nitrogen and oxygen atoms in total. The summed E-state index contributed by atoms with van der Waals surface area (Å²) < 4.78 is 0. The Hall–Kier alpha value is -0.790. The molecular formula is C23H33Cl2N. The van der Waals surface area contributed by atoms with Gasteiger partial charge in [-0.15, -0.1) is 11.6 Å². The molecule has 0 radical (unpaired) electrons. The minimum absolute atomic E-state index is 0.0592. The van der Waals surface area contributed by atoms with Crippen LogP contribution in [0.3, 0.4) is 0 Å². The molecule has 0 spiro atoms. The number of pyridine rings is 1. The van der Waals surface area contributed by atoms with E-state index in [1.807, 2.05) is 18.2 Å². The number of unbranched alkanes of at least 4 members (excludes halogenated alkanes) is 6. The van der Waals surface area contributed by atoms with Gasteiger partial charge in [-0.1, -0.05) is 95.0 Å². The van der Waals surface area contributed by atoms with Gasteiger partial charge in [-0.3, -0.25) is 0 Å². The van der Waals surface area contributed by atoms with Crippen molar-refractivity contribution in [3.05, 3.63) is 41.0 Å². The predicted octanol–water partition coefficient (Wildman–Crippen LogP) is 8.73. The van der Waals surface area contributed by atoms with E-state index < -0.39 is 0 Å². The standard InChI is InChI=1S/C23H33Cl2N/c1-3-4-5-6-7-8-9-12-18(2)15-16-21(24)20-17-19-13-10-11-14-22(19)26-23(20)25/h10-11,13-14,17-18,21H,3-9,12,15-16H2,1-2H3. The second kappa shape index (κ2) is 11.8. The van der Waals surface area contributed by atoms with E-state index in [-0.39, 0.29) is 5.38 Å². The minimum atomic E-state index is -0.0592. The lowest BCUT2D eigenvalue weighted by atomic mass is 9.95. The largest absolute Gasteiger partial charge is 0.236 e. The monoisotopic (exact) mass is 393 g/mol. The highest BCUT2D eigenvalue weighted by atomic mass is 35.5. The van der Waals surface area contributed by atoms with Crippen LogP contribution in [0.5, 0.6) is 0 Å². The summed E-state index contributed by atoms with van der Waals surface area (Å²) in [7, 11) is 0. The quantitative estimate of drug-likeness (QED) is 0.199. The first kappa shape index (κ1) is 21.5. The number of para-hydroxylation sites is 1. The molecule has 26 heavy (non-hydrogen) atoms. The summed E-state index contributed by atoms with van der Waals surface area (Å²) in [6.45, 7) is 4.62. The number of alkyl halides is 1. The summed E-state index contributed by atoms with van der Waals surface area (Å²) in [6, 6.07) is 10.2. The van der Waals surface area contributed by atoms with Crippen LogP contribution in [0.2, 0.25) is 5.15 Å². The Labute approximate surface area is 169 Å². The highest BCUT2D eigenvalue weighted by molar-refractivity contribution is 6.32. The Morgan fingerprint density at radius 3 is 2.38 bits per heavy atom. The highest BCUT2D eigenvalue weighted by Crippen LogP contribution is 2.34. The van der Waals surface area contributed by atoms with E-state index in [0.29, 0.717) is 5.15 Å². The van der Waals surface area contributed by atoms with Crippen molar-refractivity contribution in [1.29, 1.82) is 0 Å². The molecule has 0 bridgehead atoms. The van der Waals surface area contributed by atoms with Crippen molar-refractivity contribution in [2.24, 2.45) is 5.92 Å². The molecule has 3 heteroatoms. The van der Waals surface area contributed by atoms with Crippen LogP contribution in [0.4, 0.5) is 0 Å². The second-order valence-corrected chi connectivity index (χ2v) is 8.51. The Balaban J connectivity index is 1.72. The topological polar surface area (TPSA) is 12.9 Å². The zero-order chi connectivity index (χ0) is 18.8. The van der Waals surface area contributed by atoms with Crippen LogP contribution < -0.4 is 0 Å². The summed E-state index contributed by atoms with van der Waals surface area (Å²) in [4.78, 5) is 4.50. The van der Waals surface area contributed by atoms with Crippen LogP contribution in [-0.4, -0.2) is 4.98 Å². The van der Waals surface area contributed by atoms with Gasteiger partial charge in [0.05, 0.1) is 10.9 Å². The third-order valence-electron chi connectivity index (χ3n) is 5.26. The molecule has 1 aromatic heterocycles. The van der Waals surface area contributed by atoms with Gasteiger partial charge in [0.1, 0.15) is 5.15 Å².